The minimum atomic E-state index is -1.11. The van der Waals surface area contributed by atoms with Crippen LogP contribution in [0.5, 0.6) is 5.75 Å². The lowest BCUT2D eigenvalue weighted by molar-refractivity contribution is -0.178. The molecule has 4 unspecified atom stereocenters. The van der Waals surface area contributed by atoms with E-state index in [2.05, 4.69) is 15.3 Å². The molecule has 3 N–H and O–H groups in total. The minimum absolute atomic E-state index is 0.0904. The summed E-state index contributed by atoms with van der Waals surface area (Å²) in [6.07, 6.45) is 0.152. The summed E-state index contributed by atoms with van der Waals surface area (Å²) in [5.41, 5.74) is 0.964. The lowest BCUT2D eigenvalue weighted by Gasteiger charge is -2.41. The number of amides is 1. The molecule has 0 radical (unpaired) electrons. The quantitative estimate of drug-likeness (QED) is 0.461. The number of carbonyl (C=O) groups is 1. The first-order chi connectivity index (χ1) is 17.4. The fraction of sp³-hybridized carbons (Fsp3) is 0.417. The Labute approximate surface area is 206 Å². The van der Waals surface area contributed by atoms with Crippen LogP contribution in [0.1, 0.15) is 12.5 Å². The predicted molar refractivity (Wildman–Crippen MR) is 126 cm³/mol. The summed E-state index contributed by atoms with van der Waals surface area (Å²) in [4.78, 5) is 21.3. The molecule has 190 valence electrons. The Morgan fingerprint density at radius 1 is 1.17 bits per heavy atom. The molecule has 2 fully saturated rings. The topological polar surface area (TPSA) is 137 Å². The molecule has 1 amide bonds. The smallest absolute Gasteiger partial charge is 0.251 e. The third-order valence-electron chi connectivity index (χ3n) is 6.64. The van der Waals surface area contributed by atoms with E-state index in [1.165, 1.54) is 23.0 Å². The van der Waals surface area contributed by atoms with E-state index in [1.807, 2.05) is 4.90 Å². The van der Waals surface area contributed by atoms with Gasteiger partial charge in [-0.05, 0) is 24.3 Å². The van der Waals surface area contributed by atoms with Gasteiger partial charge in [-0.25, -0.2) is 14.1 Å². The van der Waals surface area contributed by atoms with Crippen LogP contribution in [-0.4, -0.2) is 97.2 Å². The van der Waals surface area contributed by atoms with Crippen LogP contribution < -0.4 is 4.90 Å². The molecule has 1 aromatic carbocycles. The molecule has 3 aromatic rings. The van der Waals surface area contributed by atoms with Crippen LogP contribution in [0.2, 0.25) is 0 Å². The number of carbonyl (C=O) groups excluding carboxylic acids is 1. The molecule has 2 aliphatic heterocycles. The van der Waals surface area contributed by atoms with Crippen LogP contribution in [0, 0.1) is 5.82 Å². The number of anilines is 1. The van der Waals surface area contributed by atoms with E-state index in [0.29, 0.717) is 37.4 Å². The summed E-state index contributed by atoms with van der Waals surface area (Å²) >= 11 is 0. The lowest BCUT2D eigenvalue weighted by Crippen LogP contribution is -2.56. The van der Waals surface area contributed by atoms with Crippen LogP contribution in [0.3, 0.4) is 0 Å². The van der Waals surface area contributed by atoms with Gasteiger partial charge in [-0.3, -0.25) is 4.79 Å². The Morgan fingerprint density at radius 3 is 2.67 bits per heavy atom. The van der Waals surface area contributed by atoms with Gasteiger partial charge in [0, 0.05) is 38.2 Å². The van der Waals surface area contributed by atoms with Crippen molar-refractivity contribution in [2.75, 3.05) is 37.7 Å². The van der Waals surface area contributed by atoms with Crippen LogP contribution in [0.25, 0.3) is 11.3 Å². The molecular formula is C24H27FN6O5. The molecule has 0 spiro atoms. The van der Waals surface area contributed by atoms with Crippen molar-refractivity contribution in [1.29, 1.82) is 0 Å². The van der Waals surface area contributed by atoms with E-state index >= 15 is 0 Å². The number of benzene rings is 1. The normalized spacial score (nSPS) is 24.6. The molecule has 5 rings (SSSR count). The van der Waals surface area contributed by atoms with Crippen LogP contribution in [0.15, 0.2) is 48.8 Å². The Bertz CT molecular complexity index is 1200. The predicted octanol–water partition coefficient (Wildman–Crippen LogP) is 0.585. The number of pyridine rings is 1. The molecule has 4 atom stereocenters. The summed E-state index contributed by atoms with van der Waals surface area (Å²) in [6.45, 7) is 1.56. The summed E-state index contributed by atoms with van der Waals surface area (Å²) in [6, 6.07) is 8.58. The maximum atomic E-state index is 13.6. The number of halogens is 1. The van der Waals surface area contributed by atoms with E-state index in [0.717, 1.165) is 5.82 Å². The van der Waals surface area contributed by atoms with Gasteiger partial charge in [0.1, 0.15) is 41.4 Å². The van der Waals surface area contributed by atoms with E-state index in [4.69, 9.17) is 4.74 Å². The highest BCUT2D eigenvalue weighted by Gasteiger charge is 2.43. The molecule has 11 nitrogen and oxygen atoms in total. The Morgan fingerprint density at radius 2 is 1.97 bits per heavy atom. The van der Waals surface area contributed by atoms with Gasteiger partial charge in [-0.15, -0.1) is 5.10 Å². The van der Waals surface area contributed by atoms with Crippen molar-refractivity contribution in [3.05, 3.63) is 54.6 Å². The van der Waals surface area contributed by atoms with Crippen molar-refractivity contribution < 1.29 is 29.2 Å². The van der Waals surface area contributed by atoms with Crippen LogP contribution in [-0.2, 0) is 9.53 Å². The Balaban J connectivity index is 1.28. The average Bonchev–Trinajstić information content (AvgIpc) is 3.39. The van der Waals surface area contributed by atoms with Crippen molar-refractivity contribution in [1.82, 2.24) is 24.9 Å². The van der Waals surface area contributed by atoms with Gasteiger partial charge in [-0.2, -0.15) is 0 Å². The highest BCUT2D eigenvalue weighted by molar-refractivity contribution is 5.81. The molecular weight excluding hydrogens is 471 g/mol. The second-order valence-corrected chi connectivity index (χ2v) is 8.92. The summed E-state index contributed by atoms with van der Waals surface area (Å²) < 4.78 is 20.9. The maximum Gasteiger partial charge on any atom is 0.251 e. The van der Waals surface area contributed by atoms with Crippen LogP contribution >= 0.6 is 0 Å². The standard InChI is InChI=1S/C24H27FN6O5/c25-16-3-1-2-15(10-16)18-13-31(28-27-18)19-11-20(36-21(14-32)23(19)34)24(35)30-8-6-29(7-9-30)22-5-4-17(33)12-26-22/h1-5,10,12-13,19-21,23,32-34H,6-9,11,14H2. The first kappa shape index (κ1) is 24.1. The Kier molecular flexibility index (Phi) is 6.81. The molecule has 0 saturated carbocycles. The summed E-state index contributed by atoms with van der Waals surface area (Å²) in [7, 11) is 0. The first-order valence-corrected chi connectivity index (χ1v) is 11.7. The van der Waals surface area contributed by atoms with Gasteiger partial charge < -0.3 is 29.9 Å². The number of aromatic hydroxyl groups is 1. The molecule has 0 aliphatic carbocycles. The highest BCUT2D eigenvalue weighted by atomic mass is 19.1. The molecule has 36 heavy (non-hydrogen) atoms. The number of aliphatic hydroxyl groups excluding tert-OH is 2. The third-order valence-corrected chi connectivity index (χ3v) is 6.64. The van der Waals surface area contributed by atoms with E-state index in [9.17, 15) is 24.5 Å². The number of nitrogens with zero attached hydrogens (tertiary/aromatic N) is 6. The van der Waals surface area contributed by atoms with Crippen molar-refractivity contribution in [2.24, 2.45) is 0 Å². The maximum absolute atomic E-state index is 13.6. The van der Waals surface area contributed by atoms with E-state index in [1.54, 1.807) is 35.4 Å². The first-order valence-electron chi connectivity index (χ1n) is 11.7. The molecule has 2 aromatic heterocycles. The molecule has 4 heterocycles. The van der Waals surface area contributed by atoms with Crippen molar-refractivity contribution in [2.45, 2.75) is 30.8 Å². The lowest BCUT2D eigenvalue weighted by atomic mass is 9.94. The SMILES string of the molecule is O=C(C1CC(n2cc(-c3cccc(F)c3)nn2)C(O)C(CO)O1)N1CCN(c2ccc(O)cn2)CC1. The zero-order valence-electron chi connectivity index (χ0n) is 19.4. The van der Waals surface area contributed by atoms with Gasteiger partial charge in [-0.1, -0.05) is 17.3 Å². The highest BCUT2D eigenvalue weighted by Crippen LogP contribution is 2.31. The van der Waals surface area contributed by atoms with Crippen molar-refractivity contribution in [3.8, 4) is 17.0 Å². The monoisotopic (exact) mass is 498 g/mol. The van der Waals surface area contributed by atoms with Gasteiger partial charge in [0.15, 0.2) is 0 Å². The largest absolute Gasteiger partial charge is 0.506 e. The average molecular weight is 499 g/mol. The zero-order valence-corrected chi connectivity index (χ0v) is 19.4. The zero-order chi connectivity index (χ0) is 25.2. The number of aliphatic hydroxyl groups is 2. The van der Waals surface area contributed by atoms with Gasteiger partial charge >= 0.3 is 0 Å². The third kappa shape index (κ3) is 4.87. The van der Waals surface area contributed by atoms with Crippen molar-refractivity contribution >= 4 is 11.7 Å². The number of aromatic nitrogens is 4. The summed E-state index contributed by atoms with van der Waals surface area (Å²) in [5.74, 6) is 0.180. The number of piperazine rings is 1. The molecule has 2 saturated heterocycles. The van der Waals surface area contributed by atoms with E-state index in [-0.39, 0.29) is 18.1 Å². The summed E-state index contributed by atoms with van der Waals surface area (Å²) in [5, 5.41) is 38.3. The van der Waals surface area contributed by atoms with Gasteiger partial charge in [0.05, 0.1) is 25.0 Å². The second-order valence-electron chi connectivity index (χ2n) is 8.92. The fourth-order valence-corrected chi connectivity index (χ4v) is 4.67. The Hall–Kier alpha value is -3.61. The van der Waals surface area contributed by atoms with Crippen molar-refractivity contribution in [3.63, 3.8) is 0 Å². The molecule has 0 bridgehead atoms. The van der Waals surface area contributed by atoms with Gasteiger partial charge in [0.25, 0.3) is 5.91 Å². The number of hydrogen-bond acceptors (Lipinski definition) is 9. The number of hydrogen-bond donors (Lipinski definition) is 3. The number of ether oxygens (including phenoxy) is 1. The van der Waals surface area contributed by atoms with Crippen LogP contribution in [0.4, 0.5) is 10.2 Å². The molecule has 12 heteroatoms. The minimum Gasteiger partial charge on any atom is -0.506 e. The fourth-order valence-electron chi connectivity index (χ4n) is 4.67. The van der Waals surface area contributed by atoms with Gasteiger partial charge in [0.2, 0.25) is 0 Å². The second kappa shape index (κ2) is 10.2. The van der Waals surface area contributed by atoms with E-state index < -0.39 is 36.8 Å². The molecule has 2 aliphatic rings. The number of rotatable bonds is 5.